The van der Waals surface area contributed by atoms with E-state index < -0.39 is 0 Å². The molecule has 1 fully saturated rings. The van der Waals surface area contributed by atoms with Crippen LogP contribution in [0.15, 0.2) is 28.7 Å². The van der Waals surface area contributed by atoms with E-state index >= 15 is 0 Å². The summed E-state index contributed by atoms with van der Waals surface area (Å²) in [6.07, 6.45) is 5.37. The molecule has 100 valence electrons. The Hall–Kier alpha value is -0.340. The molecule has 2 heteroatoms. The molecular weight excluding hydrogens is 286 g/mol. The fourth-order valence-corrected chi connectivity index (χ4v) is 3.79. The summed E-state index contributed by atoms with van der Waals surface area (Å²) in [7, 11) is 0. The lowest BCUT2D eigenvalue weighted by Gasteiger charge is -2.31. The Kier molecular flexibility index (Phi) is 4.85. The van der Waals surface area contributed by atoms with E-state index in [1.54, 1.807) is 0 Å². The van der Waals surface area contributed by atoms with Crippen LogP contribution in [0.1, 0.15) is 45.1 Å². The molecule has 0 radical (unpaired) electrons. The van der Waals surface area contributed by atoms with E-state index in [0.717, 1.165) is 19.0 Å². The Morgan fingerprint density at radius 2 is 1.89 bits per heavy atom. The summed E-state index contributed by atoms with van der Waals surface area (Å²) in [6.45, 7) is 6.78. The van der Waals surface area contributed by atoms with E-state index in [1.165, 1.54) is 35.7 Å². The fourth-order valence-electron chi connectivity index (χ4n) is 3.08. The van der Waals surface area contributed by atoms with Crippen LogP contribution in [-0.4, -0.2) is 13.1 Å². The fraction of sp³-hybridized carbons (Fsp3) is 0.625. The van der Waals surface area contributed by atoms with Gasteiger partial charge in [-0.15, -0.1) is 0 Å². The maximum absolute atomic E-state index is 3.73. The first-order chi connectivity index (χ1) is 8.64. The maximum atomic E-state index is 3.73. The molecule has 1 aromatic carbocycles. The van der Waals surface area contributed by atoms with Crippen LogP contribution in [0, 0.1) is 5.92 Å². The summed E-state index contributed by atoms with van der Waals surface area (Å²) in [4.78, 5) is 0. The summed E-state index contributed by atoms with van der Waals surface area (Å²) in [5.74, 6) is 0.725. The van der Waals surface area contributed by atoms with Crippen molar-refractivity contribution < 1.29 is 0 Å². The summed E-state index contributed by atoms with van der Waals surface area (Å²) < 4.78 is 1.28. The summed E-state index contributed by atoms with van der Waals surface area (Å²) in [5, 5.41) is 3.67. The number of halogens is 1. The molecule has 1 aliphatic rings. The van der Waals surface area contributed by atoms with E-state index in [-0.39, 0.29) is 0 Å². The largest absolute Gasteiger partial charge is 0.316 e. The van der Waals surface area contributed by atoms with Crippen molar-refractivity contribution in [3.05, 3.63) is 34.3 Å². The second kappa shape index (κ2) is 6.21. The zero-order chi connectivity index (χ0) is 13.0. The number of hydrogen-bond acceptors (Lipinski definition) is 1. The molecule has 1 nitrogen and oxygen atoms in total. The maximum Gasteiger partial charge on any atom is 0.0213 e. The third-order valence-electron chi connectivity index (χ3n) is 4.02. The van der Waals surface area contributed by atoms with E-state index in [2.05, 4.69) is 59.4 Å². The van der Waals surface area contributed by atoms with Crippen molar-refractivity contribution in [2.75, 3.05) is 13.1 Å². The number of hydrogen-bond donors (Lipinski definition) is 1. The minimum absolute atomic E-state index is 0.356. The van der Waals surface area contributed by atoms with Gasteiger partial charge in [-0.25, -0.2) is 0 Å². The topological polar surface area (TPSA) is 12.0 Å². The molecule has 0 saturated heterocycles. The Morgan fingerprint density at radius 3 is 2.50 bits per heavy atom. The van der Waals surface area contributed by atoms with Crippen molar-refractivity contribution in [1.82, 2.24) is 5.32 Å². The summed E-state index contributed by atoms with van der Waals surface area (Å²) in [6, 6.07) is 8.75. The van der Waals surface area contributed by atoms with Gasteiger partial charge in [0.1, 0.15) is 0 Å². The lowest BCUT2D eigenvalue weighted by molar-refractivity contribution is 0.389. The van der Waals surface area contributed by atoms with Gasteiger partial charge in [-0.05, 0) is 36.9 Å². The van der Waals surface area contributed by atoms with Gasteiger partial charge in [0.15, 0.2) is 0 Å². The standard InChI is InChI=1S/C16H24BrN/c1-13(2)11-18-12-16(9-5-6-10-16)14-7-3-4-8-15(14)17/h3-4,7-8,13,18H,5-6,9-12H2,1-2H3. The summed E-state index contributed by atoms with van der Waals surface area (Å²) in [5.41, 5.74) is 1.85. The molecule has 1 saturated carbocycles. The second-order valence-electron chi connectivity index (χ2n) is 5.99. The van der Waals surface area contributed by atoms with Gasteiger partial charge in [-0.2, -0.15) is 0 Å². The average Bonchev–Trinajstić information content (AvgIpc) is 2.79. The van der Waals surface area contributed by atoms with Gasteiger partial charge < -0.3 is 5.32 Å². The first kappa shape index (κ1) is 14.1. The first-order valence-corrected chi connectivity index (χ1v) is 7.89. The van der Waals surface area contributed by atoms with Crippen molar-refractivity contribution in [3.8, 4) is 0 Å². The molecule has 0 aliphatic heterocycles. The minimum atomic E-state index is 0.356. The van der Waals surface area contributed by atoms with Crippen LogP contribution in [-0.2, 0) is 5.41 Å². The molecule has 0 aromatic heterocycles. The highest BCUT2D eigenvalue weighted by Crippen LogP contribution is 2.43. The van der Waals surface area contributed by atoms with Crippen molar-refractivity contribution in [2.24, 2.45) is 5.92 Å². The molecule has 18 heavy (non-hydrogen) atoms. The van der Waals surface area contributed by atoms with Crippen LogP contribution < -0.4 is 5.32 Å². The number of nitrogens with one attached hydrogen (secondary N) is 1. The quantitative estimate of drug-likeness (QED) is 0.844. The van der Waals surface area contributed by atoms with E-state index in [4.69, 9.17) is 0 Å². The lowest BCUT2D eigenvalue weighted by atomic mass is 9.78. The van der Waals surface area contributed by atoms with Gasteiger partial charge in [0.2, 0.25) is 0 Å². The molecule has 2 rings (SSSR count). The highest BCUT2D eigenvalue weighted by molar-refractivity contribution is 9.10. The van der Waals surface area contributed by atoms with Gasteiger partial charge in [0.25, 0.3) is 0 Å². The molecule has 1 N–H and O–H groups in total. The molecular formula is C16H24BrN. The predicted molar refractivity (Wildman–Crippen MR) is 82.0 cm³/mol. The molecule has 0 amide bonds. The Morgan fingerprint density at radius 1 is 1.22 bits per heavy atom. The predicted octanol–water partition coefficient (Wildman–Crippen LogP) is 4.51. The van der Waals surface area contributed by atoms with E-state index in [1.807, 2.05) is 0 Å². The molecule has 0 bridgehead atoms. The van der Waals surface area contributed by atoms with Crippen LogP contribution in [0.25, 0.3) is 0 Å². The van der Waals surface area contributed by atoms with Crippen LogP contribution in [0.2, 0.25) is 0 Å². The van der Waals surface area contributed by atoms with Crippen LogP contribution >= 0.6 is 15.9 Å². The number of rotatable bonds is 5. The Labute approximate surface area is 119 Å². The van der Waals surface area contributed by atoms with Gasteiger partial charge in [-0.3, -0.25) is 0 Å². The molecule has 1 aromatic rings. The highest BCUT2D eigenvalue weighted by Gasteiger charge is 2.36. The third-order valence-corrected chi connectivity index (χ3v) is 4.71. The zero-order valence-corrected chi connectivity index (χ0v) is 13.1. The SMILES string of the molecule is CC(C)CNCC1(c2ccccc2Br)CCCC1. The first-order valence-electron chi connectivity index (χ1n) is 7.10. The van der Waals surface area contributed by atoms with E-state index in [0.29, 0.717) is 5.41 Å². The Balaban J connectivity index is 2.14. The van der Waals surface area contributed by atoms with Crippen LogP contribution in [0.5, 0.6) is 0 Å². The Bertz CT molecular complexity index is 380. The number of benzene rings is 1. The van der Waals surface area contributed by atoms with Gasteiger partial charge in [0.05, 0.1) is 0 Å². The van der Waals surface area contributed by atoms with Crippen LogP contribution in [0.3, 0.4) is 0 Å². The summed E-state index contributed by atoms with van der Waals surface area (Å²) >= 11 is 3.73. The highest BCUT2D eigenvalue weighted by atomic mass is 79.9. The average molecular weight is 310 g/mol. The third kappa shape index (κ3) is 3.16. The molecule has 0 unspecified atom stereocenters. The lowest BCUT2D eigenvalue weighted by Crippen LogP contribution is -2.37. The van der Waals surface area contributed by atoms with Gasteiger partial charge in [0, 0.05) is 16.4 Å². The zero-order valence-electron chi connectivity index (χ0n) is 11.5. The smallest absolute Gasteiger partial charge is 0.0213 e. The van der Waals surface area contributed by atoms with Gasteiger partial charge in [-0.1, -0.05) is 60.8 Å². The van der Waals surface area contributed by atoms with Crippen molar-refractivity contribution >= 4 is 15.9 Å². The molecule has 0 heterocycles. The van der Waals surface area contributed by atoms with Crippen molar-refractivity contribution in [1.29, 1.82) is 0 Å². The van der Waals surface area contributed by atoms with Crippen LogP contribution in [0.4, 0.5) is 0 Å². The second-order valence-corrected chi connectivity index (χ2v) is 6.85. The normalized spacial score (nSPS) is 18.4. The molecule has 0 spiro atoms. The van der Waals surface area contributed by atoms with Gasteiger partial charge >= 0.3 is 0 Å². The van der Waals surface area contributed by atoms with E-state index in [9.17, 15) is 0 Å². The monoisotopic (exact) mass is 309 g/mol. The van der Waals surface area contributed by atoms with Crippen molar-refractivity contribution in [3.63, 3.8) is 0 Å². The minimum Gasteiger partial charge on any atom is -0.316 e. The van der Waals surface area contributed by atoms with Crippen molar-refractivity contribution in [2.45, 2.75) is 44.9 Å². The molecule has 0 atom stereocenters. The molecule has 1 aliphatic carbocycles.